The molecule has 0 saturated heterocycles. The third-order valence-corrected chi connectivity index (χ3v) is 3.11. The van der Waals surface area contributed by atoms with Gasteiger partial charge in [-0.3, -0.25) is 4.79 Å². The molecule has 1 unspecified atom stereocenters. The molecule has 0 aromatic heterocycles. The Morgan fingerprint density at radius 1 is 1.35 bits per heavy atom. The molecule has 1 amide bonds. The zero-order chi connectivity index (χ0) is 12.7. The Morgan fingerprint density at radius 2 is 2.00 bits per heavy atom. The van der Waals surface area contributed by atoms with E-state index in [-0.39, 0.29) is 11.9 Å². The quantitative estimate of drug-likeness (QED) is 0.816. The van der Waals surface area contributed by atoms with Crippen LogP contribution in [0.3, 0.4) is 0 Å². The molecule has 0 radical (unpaired) electrons. The van der Waals surface area contributed by atoms with E-state index in [1.807, 2.05) is 32.2 Å². The van der Waals surface area contributed by atoms with Gasteiger partial charge in [0.25, 0.3) is 0 Å². The van der Waals surface area contributed by atoms with Gasteiger partial charge in [-0.05, 0) is 31.9 Å². The molecular weight excluding hydrogens is 212 g/mol. The molecule has 0 aliphatic carbocycles. The number of hydrogen-bond donors (Lipinski definition) is 1. The lowest BCUT2D eigenvalue weighted by Crippen LogP contribution is -2.36. The van der Waals surface area contributed by atoms with Crippen molar-refractivity contribution in [1.82, 2.24) is 4.90 Å². The lowest BCUT2D eigenvalue weighted by molar-refractivity contribution is -0.131. The molecule has 0 heterocycles. The van der Waals surface area contributed by atoms with Crippen LogP contribution in [-0.2, 0) is 11.2 Å². The fraction of sp³-hybridized carbons (Fsp3) is 0.500. The van der Waals surface area contributed by atoms with E-state index >= 15 is 0 Å². The Morgan fingerprint density at radius 3 is 2.59 bits per heavy atom. The predicted molar refractivity (Wildman–Crippen MR) is 70.7 cm³/mol. The largest absolute Gasteiger partial charge is 0.343 e. The van der Waals surface area contributed by atoms with Crippen LogP contribution in [0.2, 0.25) is 0 Å². The molecule has 0 bridgehead atoms. The number of benzene rings is 1. The van der Waals surface area contributed by atoms with Gasteiger partial charge < -0.3 is 10.6 Å². The maximum absolute atomic E-state index is 11.9. The summed E-state index contributed by atoms with van der Waals surface area (Å²) in [4.78, 5) is 13.7. The molecule has 1 rings (SSSR count). The predicted octanol–water partition coefficient (Wildman–Crippen LogP) is 1.81. The van der Waals surface area contributed by atoms with Crippen LogP contribution in [0.4, 0.5) is 0 Å². The van der Waals surface area contributed by atoms with E-state index in [4.69, 9.17) is 5.73 Å². The van der Waals surface area contributed by atoms with Crippen molar-refractivity contribution in [3.05, 3.63) is 35.9 Å². The van der Waals surface area contributed by atoms with Crippen LogP contribution in [-0.4, -0.2) is 30.4 Å². The van der Waals surface area contributed by atoms with Crippen molar-refractivity contribution in [3.63, 3.8) is 0 Å². The summed E-state index contributed by atoms with van der Waals surface area (Å²) in [5.41, 5.74) is 6.70. The zero-order valence-corrected chi connectivity index (χ0v) is 10.7. The van der Waals surface area contributed by atoms with Gasteiger partial charge in [-0.2, -0.15) is 0 Å². The molecule has 1 aromatic carbocycles. The third-order valence-electron chi connectivity index (χ3n) is 3.11. The Hall–Kier alpha value is -1.35. The number of aryl methyl sites for hydroxylation is 1. The van der Waals surface area contributed by atoms with E-state index < -0.39 is 0 Å². The second-order valence-corrected chi connectivity index (χ2v) is 4.42. The van der Waals surface area contributed by atoms with Crippen LogP contribution < -0.4 is 5.73 Å². The number of amides is 1. The molecule has 0 saturated carbocycles. The lowest BCUT2D eigenvalue weighted by atomic mass is 10.1. The molecule has 0 fully saturated rings. The summed E-state index contributed by atoms with van der Waals surface area (Å²) in [6, 6.07) is 10.3. The standard InChI is InChI=1S/C14H22N2O/c1-12(10-11-15)16(2)14(17)9-8-13-6-4-3-5-7-13/h3-7,12H,8-11,15H2,1-2H3. The van der Waals surface area contributed by atoms with Crippen molar-refractivity contribution in [2.75, 3.05) is 13.6 Å². The average Bonchev–Trinajstić information content (AvgIpc) is 2.36. The first-order valence-electron chi connectivity index (χ1n) is 6.14. The molecule has 17 heavy (non-hydrogen) atoms. The minimum absolute atomic E-state index is 0.190. The summed E-state index contributed by atoms with van der Waals surface area (Å²) >= 11 is 0. The van der Waals surface area contributed by atoms with Crippen molar-refractivity contribution >= 4 is 5.91 Å². The molecule has 1 aromatic rings. The first-order chi connectivity index (χ1) is 8.15. The average molecular weight is 234 g/mol. The second-order valence-electron chi connectivity index (χ2n) is 4.42. The molecule has 3 nitrogen and oxygen atoms in total. The molecule has 2 N–H and O–H groups in total. The molecule has 3 heteroatoms. The van der Waals surface area contributed by atoms with Gasteiger partial charge in [0, 0.05) is 19.5 Å². The third kappa shape index (κ3) is 4.57. The molecule has 0 aliphatic heterocycles. The van der Waals surface area contributed by atoms with E-state index in [1.54, 1.807) is 4.90 Å². The molecule has 1 atom stereocenters. The molecule has 94 valence electrons. The van der Waals surface area contributed by atoms with Crippen molar-refractivity contribution in [3.8, 4) is 0 Å². The highest BCUT2D eigenvalue weighted by Crippen LogP contribution is 2.07. The first-order valence-corrected chi connectivity index (χ1v) is 6.14. The van der Waals surface area contributed by atoms with Crippen molar-refractivity contribution in [2.24, 2.45) is 5.73 Å². The van der Waals surface area contributed by atoms with Crippen molar-refractivity contribution in [1.29, 1.82) is 0 Å². The van der Waals surface area contributed by atoms with Gasteiger partial charge >= 0.3 is 0 Å². The lowest BCUT2D eigenvalue weighted by Gasteiger charge is -2.24. The van der Waals surface area contributed by atoms with E-state index in [0.29, 0.717) is 13.0 Å². The molecule has 0 aliphatic rings. The molecule has 0 spiro atoms. The van der Waals surface area contributed by atoms with Gasteiger partial charge in [0.1, 0.15) is 0 Å². The van der Waals surface area contributed by atoms with Crippen LogP contribution >= 0.6 is 0 Å². The monoisotopic (exact) mass is 234 g/mol. The van der Waals surface area contributed by atoms with E-state index in [0.717, 1.165) is 12.8 Å². The van der Waals surface area contributed by atoms with Crippen LogP contribution in [0.15, 0.2) is 30.3 Å². The first kappa shape index (κ1) is 13.7. The Kier molecular flexibility index (Phi) is 5.70. The van der Waals surface area contributed by atoms with Gasteiger partial charge in [0.2, 0.25) is 5.91 Å². The molecular formula is C14H22N2O. The minimum atomic E-state index is 0.190. The SMILES string of the molecule is CC(CCN)N(C)C(=O)CCc1ccccc1. The number of rotatable bonds is 6. The Balaban J connectivity index is 2.39. The highest BCUT2D eigenvalue weighted by molar-refractivity contribution is 5.76. The Labute approximate surface area is 104 Å². The number of nitrogens with two attached hydrogens (primary N) is 1. The van der Waals surface area contributed by atoms with E-state index in [9.17, 15) is 4.79 Å². The summed E-state index contributed by atoms with van der Waals surface area (Å²) in [5.74, 6) is 0.190. The summed E-state index contributed by atoms with van der Waals surface area (Å²) in [6.45, 7) is 2.66. The highest BCUT2D eigenvalue weighted by Gasteiger charge is 2.14. The summed E-state index contributed by atoms with van der Waals surface area (Å²) in [5, 5.41) is 0. The number of nitrogens with zero attached hydrogens (tertiary/aromatic N) is 1. The van der Waals surface area contributed by atoms with Gasteiger partial charge in [-0.15, -0.1) is 0 Å². The normalized spacial score (nSPS) is 12.2. The summed E-state index contributed by atoms with van der Waals surface area (Å²) < 4.78 is 0. The summed E-state index contributed by atoms with van der Waals surface area (Å²) in [7, 11) is 1.85. The topological polar surface area (TPSA) is 46.3 Å². The highest BCUT2D eigenvalue weighted by atomic mass is 16.2. The second kappa shape index (κ2) is 7.07. The van der Waals surface area contributed by atoms with Crippen LogP contribution in [0.1, 0.15) is 25.3 Å². The fourth-order valence-corrected chi connectivity index (χ4v) is 1.75. The smallest absolute Gasteiger partial charge is 0.222 e. The van der Waals surface area contributed by atoms with E-state index in [1.165, 1.54) is 5.56 Å². The fourth-order valence-electron chi connectivity index (χ4n) is 1.75. The minimum Gasteiger partial charge on any atom is -0.343 e. The van der Waals surface area contributed by atoms with Crippen LogP contribution in [0.25, 0.3) is 0 Å². The number of carbonyl (C=O) groups is 1. The van der Waals surface area contributed by atoms with Gasteiger partial charge in [0.05, 0.1) is 0 Å². The van der Waals surface area contributed by atoms with Crippen LogP contribution in [0, 0.1) is 0 Å². The van der Waals surface area contributed by atoms with Crippen molar-refractivity contribution < 1.29 is 4.79 Å². The summed E-state index contributed by atoms with van der Waals surface area (Å²) in [6.07, 6.45) is 2.22. The number of carbonyl (C=O) groups excluding carboxylic acids is 1. The van der Waals surface area contributed by atoms with Gasteiger partial charge in [0.15, 0.2) is 0 Å². The maximum Gasteiger partial charge on any atom is 0.222 e. The van der Waals surface area contributed by atoms with Crippen molar-refractivity contribution in [2.45, 2.75) is 32.2 Å². The Bertz CT molecular complexity index is 337. The zero-order valence-electron chi connectivity index (χ0n) is 10.7. The maximum atomic E-state index is 11.9. The van der Waals surface area contributed by atoms with Gasteiger partial charge in [-0.1, -0.05) is 30.3 Å². The van der Waals surface area contributed by atoms with Crippen LogP contribution in [0.5, 0.6) is 0 Å². The van der Waals surface area contributed by atoms with Gasteiger partial charge in [-0.25, -0.2) is 0 Å². The van der Waals surface area contributed by atoms with E-state index in [2.05, 4.69) is 12.1 Å². The number of hydrogen-bond acceptors (Lipinski definition) is 2.